The number of halogens is 2. The molecule has 42 heavy (non-hydrogen) atoms. The molecule has 1 saturated heterocycles. The van der Waals surface area contributed by atoms with Crippen molar-refractivity contribution in [3.8, 4) is 5.75 Å². The number of carbonyl (C=O) groups is 1. The maximum atomic E-state index is 12.2. The van der Waals surface area contributed by atoms with Crippen molar-refractivity contribution in [2.75, 3.05) is 32.2 Å². The van der Waals surface area contributed by atoms with Gasteiger partial charge >= 0.3 is 5.97 Å². The molecule has 0 spiro atoms. The maximum Gasteiger partial charge on any atom is 0.338 e. The van der Waals surface area contributed by atoms with Crippen molar-refractivity contribution < 1.29 is 23.5 Å². The molecule has 11 heteroatoms. The van der Waals surface area contributed by atoms with Crippen LogP contribution in [0, 0.1) is 11.8 Å². The molecule has 1 aromatic carbocycles. The number of alkyl halides is 1. The first-order valence-corrected chi connectivity index (χ1v) is 16.2. The van der Waals surface area contributed by atoms with E-state index in [-0.39, 0.29) is 23.4 Å². The van der Waals surface area contributed by atoms with Crippen LogP contribution in [-0.2, 0) is 16.1 Å². The molecule has 2 aromatic heterocycles. The van der Waals surface area contributed by atoms with Crippen molar-refractivity contribution in [1.82, 2.24) is 10.1 Å². The fourth-order valence-electron chi connectivity index (χ4n) is 6.70. The quantitative estimate of drug-likeness (QED) is 0.192. The normalized spacial score (nSPS) is 27.3. The predicted octanol–water partition coefficient (Wildman–Crippen LogP) is 7.16. The second kappa shape index (κ2) is 11.5. The van der Waals surface area contributed by atoms with Crippen molar-refractivity contribution >= 4 is 55.9 Å². The standard InChI is InChI=1S/C31H33Cl2N3O5S/c1-38-24-11-18(30(37)39-2)12-25-28(24)34-31(42-25)36-13-17-8-9-20(10-19(17)14-36)40-15-21-27(35-41-29(21)16-6-7-16)26-22(32)4-3-5-23(26)33/h3-5,11-12,16-17,19-20,22,26H,6-10,13-15H2,1-2H3/t17?,19-,20-,22?,26?/m0/s1. The Morgan fingerprint density at radius 1 is 1.17 bits per heavy atom. The van der Waals surface area contributed by atoms with E-state index in [1.54, 1.807) is 24.5 Å². The Labute approximate surface area is 258 Å². The third kappa shape index (κ3) is 5.23. The average molecular weight is 631 g/mol. The molecular weight excluding hydrogens is 597 g/mol. The summed E-state index contributed by atoms with van der Waals surface area (Å²) in [5, 5.41) is 5.83. The van der Waals surface area contributed by atoms with Crippen LogP contribution in [0.2, 0.25) is 0 Å². The van der Waals surface area contributed by atoms with E-state index in [0.717, 1.165) is 77.6 Å². The minimum atomic E-state index is -0.386. The third-order valence-electron chi connectivity index (χ3n) is 9.08. The number of benzene rings is 1. The molecule has 3 heterocycles. The van der Waals surface area contributed by atoms with E-state index < -0.39 is 0 Å². The summed E-state index contributed by atoms with van der Waals surface area (Å²) in [6.45, 7) is 2.37. The summed E-state index contributed by atoms with van der Waals surface area (Å²) in [4.78, 5) is 19.5. The summed E-state index contributed by atoms with van der Waals surface area (Å²) in [7, 11) is 2.98. The lowest BCUT2D eigenvalue weighted by atomic mass is 9.80. The predicted molar refractivity (Wildman–Crippen MR) is 163 cm³/mol. The van der Waals surface area contributed by atoms with Gasteiger partial charge in [-0.1, -0.05) is 40.2 Å². The average Bonchev–Trinajstić information content (AvgIpc) is 3.40. The van der Waals surface area contributed by atoms with Crippen LogP contribution in [-0.4, -0.2) is 54.9 Å². The molecule has 5 atom stereocenters. The number of aromatic nitrogens is 2. The number of rotatable bonds is 8. The molecule has 8 nitrogen and oxygen atoms in total. The number of anilines is 1. The van der Waals surface area contributed by atoms with Crippen LogP contribution in [0.25, 0.3) is 10.2 Å². The molecular formula is C31H33Cl2N3O5S. The van der Waals surface area contributed by atoms with Crippen LogP contribution >= 0.6 is 34.5 Å². The SMILES string of the molecule is COC(=O)c1cc(OC)c2nc(N3CC4CC[C@H](OCc5c(C6C(Cl)=CC=CC6Cl)noc5C5CC5)C[C@H]4C3)sc2c1. The third-order valence-corrected chi connectivity index (χ3v) is 10.9. The van der Waals surface area contributed by atoms with Gasteiger partial charge in [0.2, 0.25) is 0 Å². The van der Waals surface area contributed by atoms with E-state index >= 15 is 0 Å². The number of esters is 1. The Morgan fingerprint density at radius 3 is 2.76 bits per heavy atom. The first kappa shape index (κ1) is 28.2. The topological polar surface area (TPSA) is 86.9 Å². The summed E-state index contributed by atoms with van der Waals surface area (Å²) in [6.07, 6.45) is 11.3. The van der Waals surface area contributed by atoms with Crippen LogP contribution in [0.5, 0.6) is 5.75 Å². The van der Waals surface area contributed by atoms with E-state index in [1.807, 2.05) is 24.3 Å². The Kier molecular flexibility index (Phi) is 7.71. The highest BCUT2D eigenvalue weighted by Gasteiger charge is 2.41. The molecule has 3 aliphatic carbocycles. The maximum absolute atomic E-state index is 12.2. The summed E-state index contributed by atoms with van der Waals surface area (Å²) in [6, 6.07) is 3.53. The van der Waals surface area contributed by atoms with Crippen LogP contribution in [0.3, 0.4) is 0 Å². The van der Waals surface area contributed by atoms with E-state index in [9.17, 15) is 4.79 Å². The number of hydrogen-bond acceptors (Lipinski definition) is 9. The highest BCUT2D eigenvalue weighted by molar-refractivity contribution is 7.22. The van der Waals surface area contributed by atoms with Crippen LogP contribution in [0.1, 0.15) is 71.3 Å². The zero-order chi connectivity index (χ0) is 29.0. The summed E-state index contributed by atoms with van der Waals surface area (Å²) < 4.78 is 23.9. The molecule has 3 fully saturated rings. The van der Waals surface area contributed by atoms with Crippen LogP contribution < -0.4 is 9.64 Å². The lowest BCUT2D eigenvalue weighted by Gasteiger charge is -2.31. The highest BCUT2D eigenvalue weighted by atomic mass is 35.5. The van der Waals surface area contributed by atoms with Crippen LogP contribution in [0.4, 0.5) is 5.13 Å². The number of hydrogen-bond donors (Lipinski definition) is 0. The van der Waals surface area contributed by atoms with E-state index in [4.69, 9.17) is 46.9 Å². The number of allylic oxidation sites excluding steroid dienone is 4. The van der Waals surface area contributed by atoms with Gasteiger partial charge in [0.15, 0.2) is 5.13 Å². The molecule has 0 amide bonds. The monoisotopic (exact) mass is 629 g/mol. The summed E-state index contributed by atoms with van der Waals surface area (Å²) >= 11 is 14.9. The second-order valence-corrected chi connectivity index (χ2v) is 13.7. The molecule has 0 N–H and O–H groups in total. The zero-order valence-electron chi connectivity index (χ0n) is 23.6. The molecule has 0 bridgehead atoms. The lowest BCUT2D eigenvalue weighted by molar-refractivity contribution is -0.00538. The molecule has 2 saturated carbocycles. The van der Waals surface area contributed by atoms with Crippen molar-refractivity contribution in [1.29, 1.82) is 0 Å². The van der Waals surface area contributed by atoms with Gasteiger partial charge in [0.25, 0.3) is 0 Å². The number of fused-ring (bicyclic) bond motifs is 2. The van der Waals surface area contributed by atoms with Gasteiger partial charge in [-0.2, -0.15) is 0 Å². The van der Waals surface area contributed by atoms with Gasteiger partial charge in [0, 0.05) is 29.6 Å². The molecule has 7 rings (SSSR count). The Balaban J connectivity index is 1.04. The van der Waals surface area contributed by atoms with Gasteiger partial charge in [-0.15, -0.1) is 11.6 Å². The fraction of sp³-hybridized carbons (Fsp3) is 0.516. The minimum Gasteiger partial charge on any atom is -0.494 e. The van der Waals surface area contributed by atoms with Gasteiger partial charge in [-0.25, -0.2) is 9.78 Å². The Morgan fingerprint density at radius 2 is 2.00 bits per heavy atom. The summed E-state index contributed by atoms with van der Waals surface area (Å²) in [5.74, 6) is 2.47. The van der Waals surface area contributed by atoms with Gasteiger partial charge in [-0.3, -0.25) is 0 Å². The van der Waals surface area contributed by atoms with E-state index in [0.29, 0.717) is 40.7 Å². The minimum absolute atomic E-state index is 0.170. The smallest absolute Gasteiger partial charge is 0.338 e. The van der Waals surface area contributed by atoms with Crippen molar-refractivity contribution in [2.24, 2.45) is 11.8 Å². The van der Waals surface area contributed by atoms with E-state index in [2.05, 4.69) is 10.1 Å². The van der Waals surface area contributed by atoms with Crippen LogP contribution in [0.15, 0.2) is 39.9 Å². The molecule has 222 valence electrons. The fourth-order valence-corrected chi connectivity index (χ4v) is 8.46. The van der Waals surface area contributed by atoms with Crippen molar-refractivity contribution in [3.05, 3.63) is 58.0 Å². The summed E-state index contributed by atoms with van der Waals surface area (Å²) in [5.41, 5.74) is 3.08. The molecule has 4 aliphatic rings. The zero-order valence-corrected chi connectivity index (χ0v) is 25.9. The lowest BCUT2D eigenvalue weighted by Crippen LogP contribution is -2.29. The number of thiazole rings is 1. The van der Waals surface area contributed by atoms with Gasteiger partial charge in [-0.05, 0) is 62.1 Å². The molecule has 3 aromatic rings. The Bertz CT molecular complexity index is 1560. The number of carbonyl (C=O) groups excluding carboxylic acids is 1. The highest BCUT2D eigenvalue weighted by Crippen LogP contribution is 2.47. The first-order valence-electron chi connectivity index (χ1n) is 14.5. The molecule has 0 radical (unpaired) electrons. The molecule has 1 aliphatic heterocycles. The largest absolute Gasteiger partial charge is 0.494 e. The second-order valence-electron chi connectivity index (χ2n) is 11.7. The Hall–Kier alpha value is -2.59. The number of methoxy groups -OCH3 is 2. The first-order chi connectivity index (χ1) is 20.4. The van der Waals surface area contributed by atoms with Gasteiger partial charge in [0.1, 0.15) is 17.0 Å². The van der Waals surface area contributed by atoms with Gasteiger partial charge in [0.05, 0.1) is 54.2 Å². The molecule has 3 unspecified atom stereocenters. The van der Waals surface area contributed by atoms with Gasteiger partial charge < -0.3 is 23.6 Å². The van der Waals surface area contributed by atoms with E-state index in [1.165, 1.54) is 7.11 Å². The van der Waals surface area contributed by atoms with Crippen molar-refractivity contribution in [2.45, 2.75) is 62.0 Å². The number of nitrogens with zero attached hydrogens (tertiary/aromatic N) is 3. The number of ether oxygens (including phenoxy) is 3. The van der Waals surface area contributed by atoms with Crippen molar-refractivity contribution in [3.63, 3.8) is 0 Å².